The van der Waals surface area contributed by atoms with Crippen LogP contribution in [0.25, 0.3) is 22.3 Å². The van der Waals surface area contributed by atoms with Crippen LogP contribution in [0.15, 0.2) is 18.2 Å². The zero-order valence-corrected chi connectivity index (χ0v) is 20.4. The molecule has 1 nitrogen and oxygen atoms in total. The summed E-state index contributed by atoms with van der Waals surface area (Å²) in [5.74, 6) is 0.0599. The van der Waals surface area contributed by atoms with E-state index in [-0.39, 0.29) is 34.4 Å². The van der Waals surface area contributed by atoms with Gasteiger partial charge in [0.05, 0.1) is 12.2 Å². The molecule has 0 aliphatic heterocycles. The van der Waals surface area contributed by atoms with Gasteiger partial charge >= 0.3 is 6.18 Å². The fourth-order valence-electron chi connectivity index (χ4n) is 6.64. The van der Waals surface area contributed by atoms with Gasteiger partial charge in [0.2, 0.25) is 5.82 Å². The quantitative estimate of drug-likeness (QED) is 0.323. The first-order valence-electron chi connectivity index (χ1n) is 13.1. The highest BCUT2D eigenvalue weighted by Gasteiger charge is 2.43. The molecule has 0 radical (unpaired) electrons. The summed E-state index contributed by atoms with van der Waals surface area (Å²) in [5.41, 5.74) is -0.700. The molecular formula is C29H33F5O. The lowest BCUT2D eigenvalue weighted by atomic mass is 9.69. The molecule has 2 aromatic rings. The normalized spacial score (nSPS) is 26.0. The Kier molecular flexibility index (Phi) is 6.60. The van der Waals surface area contributed by atoms with Crippen LogP contribution in [0.5, 0.6) is 5.75 Å². The lowest BCUT2D eigenvalue weighted by molar-refractivity contribution is -0.137. The molecule has 0 aromatic heterocycles. The third kappa shape index (κ3) is 4.46. The van der Waals surface area contributed by atoms with E-state index in [2.05, 4.69) is 6.92 Å². The average Bonchev–Trinajstić information content (AvgIpc) is 2.83. The molecule has 0 atom stereocenters. The van der Waals surface area contributed by atoms with E-state index in [1.54, 1.807) is 13.0 Å². The van der Waals surface area contributed by atoms with Gasteiger partial charge in [-0.05, 0) is 91.4 Å². The maximum absolute atomic E-state index is 15.0. The van der Waals surface area contributed by atoms with Crippen molar-refractivity contribution in [1.29, 1.82) is 0 Å². The van der Waals surface area contributed by atoms with Crippen LogP contribution < -0.4 is 4.74 Å². The van der Waals surface area contributed by atoms with Crippen molar-refractivity contribution in [3.63, 3.8) is 0 Å². The van der Waals surface area contributed by atoms with Crippen LogP contribution in [0.2, 0.25) is 0 Å². The molecule has 35 heavy (non-hydrogen) atoms. The standard InChI is InChI=1S/C29H33F5O/c1-3-18-12-13-21-22-14-23(27(30)28(31)25(22)24(21)26(18)29(32,33)34)35-15-17-6-10-20(11-7-17)19-8-4-16(2)5-9-19/h12-14,16-17,19-20H,3-11,15H2,1-2H3. The van der Waals surface area contributed by atoms with Crippen LogP contribution in [-0.2, 0) is 12.6 Å². The zero-order valence-electron chi connectivity index (χ0n) is 20.4. The number of rotatable bonds is 5. The predicted octanol–water partition coefficient (Wildman–Crippen LogP) is 9.20. The van der Waals surface area contributed by atoms with Gasteiger partial charge in [0.25, 0.3) is 0 Å². The predicted molar refractivity (Wildman–Crippen MR) is 127 cm³/mol. The van der Waals surface area contributed by atoms with E-state index >= 15 is 4.39 Å². The number of benzene rings is 2. The highest BCUT2D eigenvalue weighted by atomic mass is 19.4. The summed E-state index contributed by atoms with van der Waals surface area (Å²) in [5, 5.41) is 0. The number of halogens is 5. The Morgan fingerprint density at radius 1 is 0.829 bits per heavy atom. The molecule has 2 saturated carbocycles. The van der Waals surface area contributed by atoms with Crippen molar-refractivity contribution in [3.8, 4) is 28.0 Å². The van der Waals surface area contributed by atoms with Crippen molar-refractivity contribution >= 4 is 0 Å². The van der Waals surface area contributed by atoms with Crippen molar-refractivity contribution in [2.45, 2.75) is 77.8 Å². The SMILES string of the molecule is CCc1ccc2c(c1C(F)(F)F)-c1c-2cc(OCC2CCC(C3CCC(C)CC3)CC2)c(F)c1F. The molecule has 190 valence electrons. The number of hydrogen-bond donors (Lipinski definition) is 0. The molecule has 3 aliphatic rings. The zero-order chi connectivity index (χ0) is 24.9. The average molecular weight is 493 g/mol. The maximum Gasteiger partial charge on any atom is 0.417 e. The van der Waals surface area contributed by atoms with Gasteiger partial charge in [-0.2, -0.15) is 17.6 Å². The molecule has 3 aliphatic carbocycles. The molecule has 5 rings (SSSR count). The van der Waals surface area contributed by atoms with Crippen LogP contribution in [0.3, 0.4) is 0 Å². The van der Waals surface area contributed by atoms with Crippen molar-refractivity contribution in [2.24, 2.45) is 23.7 Å². The summed E-state index contributed by atoms with van der Waals surface area (Å²) >= 11 is 0. The Morgan fingerprint density at radius 3 is 2.06 bits per heavy atom. The largest absolute Gasteiger partial charge is 0.490 e. The summed E-state index contributed by atoms with van der Waals surface area (Å²) < 4.78 is 76.9. The van der Waals surface area contributed by atoms with E-state index in [1.807, 2.05) is 0 Å². The second-order valence-corrected chi connectivity index (χ2v) is 10.9. The van der Waals surface area contributed by atoms with Gasteiger partial charge in [-0.1, -0.05) is 38.8 Å². The first kappa shape index (κ1) is 24.6. The van der Waals surface area contributed by atoms with Crippen LogP contribution in [-0.4, -0.2) is 6.61 Å². The van der Waals surface area contributed by atoms with Gasteiger partial charge in [-0.15, -0.1) is 0 Å². The van der Waals surface area contributed by atoms with E-state index in [0.29, 0.717) is 18.1 Å². The smallest absolute Gasteiger partial charge is 0.417 e. The van der Waals surface area contributed by atoms with E-state index < -0.39 is 23.4 Å². The van der Waals surface area contributed by atoms with Gasteiger partial charge < -0.3 is 4.74 Å². The summed E-state index contributed by atoms with van der Waals surface area (Å²) in [6.45, 7) is 4.26. The summed E-state index contributed by atoms with van der Waals surface area (Å²) in [4.78, 5) is 0. The van der Waals surface area contributed by atoms with Gasteiger partial charge in [0.1, 0.15) is 0 Å². The number of fused-ring (bicyclic) bond motifs is 4. The molecule has 2 aromatic carbocycles. The van der Waals surface area contributed by atoms with Gasteiger partial charge in [-0.25, -0.2) is 4.39 Å². The van der Waals surface area contributed by atoms with Crippen LogP contribution in [0.1, 0.15) is 76.3 Å². The van der Waals surface area contributed by atoms with Crippen LogP contribution in [0, 0.1) is 35.3 Å². The van der Waals surface area contributed by atoms with E-state index in [4.69, 9.17) is 4.74 Å². The minimum absolute atomic E-state index is 0.0837. The van der Waals surface area contributed by atoms with Crippen LogP contribution in [0.4, 0.5) is 22.0 Å². The van der Waals surface area contributed by atoms with Crippen molar-refractivity contribution in [3.05, 3.63) is 41.0 Å². The topological polar surface area (TPSA) is 9.23 Å². The Morgan fingerprint density at radius 2 is 1.46 bits per heavy atom. The molecule has 0 N–H and O–H groups in total. The lowest BCUT2D eigenvalue weighted by Gasteiger charge is -2.37. The monoisotopic (exact) mass is 492 g/mol. The van der Waals surface area contributed by atoms with E-state index in [9.17, 15) is 17.6 Å². The molecular weight excluding hydrogens is 459 g/mol. The van der Waals surface area contributed by atoms with Gasteiger partial charge in [-0.3, -0.25) is 0 Å². The van der Waals surface area contributed by atoms with E-state index in [1.165, 1.54) is 37.8 Å². The molecule has 0 heterocycles. The fraction of sp³-hybridized carbons (Fsp3) is 0.586. The number of ether oxygens (including phenoxy) is 1. The summed E-state index contributed by atoms with van der Waals surface area (Å²) in [7, 11) is 0. The number of alkyl halides is 3. The molecule has 2 fully saturated rings. The summed E-state index contributed by atoms with van der Waals surface area (Å²) in [6.07, 6.45) is 5.16. The third-order valence-electron chi connectivity index (χ3n) is 8.76. The van der Waals surface area contributed by atoms with Crippen molar-refractivity contribution < 1.29 is 26.7 Å². The number of aryl methyl sites for hydroxylation is 1. The van der Waals surface area contributed by atoms with Crippen molar-refractivity contribution in [1.82, 2.24) is 0 Å². The van der Waals surface area contributed by atoms with Gasteiger partial charge in [0, 0.05) is 11.1 Å². The maximum atomic E-state index is 15.0. The highest BCUT2D eigenvalue weighted by Crippen LogP contribution is 2.56. The molecule has 0 bridgehead atoms. The Bertz CT molecular complexity index is 1090. The lowest BCUT2D eigenvalue weighted by Crippen LogP contribution is -2.27. The molecule has 0 unspecified atom stereocenters. The fourth-order valence-corrected chi connectivity index (χ4v) is 6.64. The molecule has 6 heteroatoms. The van der Waals surface area contributed by atoms with Crippen LogP contribution >= 0.6 is 0 Å². The first-order valence-corrected chi connectivity index (χ1v) is 13.1. The second-order valence-electron chi connectivity index (χ2n) is 10.9. The first-order chi connectivity index (χ1) is 16.7. The minimum atomic E-state index is -4.64. The minimum Gasteiger partial charge on any atom is -0.490 e. The highest BCUT2D eigenvalue weighted by molar-refractivity contribution is 6.05. The second kappa shape index (κ2) is 9.40. The van der Waals surface area contributed by atoms with Gasteiger partial charge in [0.15, 0.2) is 11.6 Å². The Labute approximate surface area is 204 Å². The molecule has 0 spiro atoms. The summed E-state index contributed by atoms with van der Waals surface area (Å²) in [6, 6.07) is 4.37. The molecule has 0 amide bonds. The van der Waals surface area contributed by atoms with Crippen molar-refractivity contribution in [2.75, 3.05) is 6.61 Å². The van der Waals surface area contributed by atoms with E-state index in [0.717, 1.165) is 43.4 Å². The molecule has 0 saturated heterocycles. The Balaban J connectivity index is 1.28. The number of hydrogen-bond acceptors (Lipinski definition) is 1. The third-order valence-corrected chi connectivity index (χ3v) is 8.76. The Hall–Kier alpha value is -2.11.